The van der Waals surface area contributed by atoms with Crippen molar-refractivity contribution >= 4 is 10.0 Å². The summed E-state index contributed by atoms with van der Waals surface area (Å²) in [5.74, 6) is 0. The number of hydrogen-bond acceptors (Lipinski definition) is 3. The van der Waals surface area contributed by atoms with Crippen molar-refractivity contribution in [3.05, 3.63) is 35.4 Å². The maximum atomic E-state index is 12.9. The molecule has 0 aromatic heterocycles. The minimum Gasteiger partial charge on any atom is -0.396 e. The Kier molecular flexibility index (Phi) is 4.32. The number of sulfonamides is 1. The number of piperidine rings is 1. The van der Waals surface area contributed by atoms with Crippen LogP contribution in [-0.2, 0) is 22.9 Å². The smallest absolute Gasteiger partial charge is 0.217 e. The van der Waals surface area contributed by atoms with Crippen LogP contribution in [0.2, 0.25) is 0 Å². The van der Waals surface area contributed by atoms with Gasteiger partial charge >= 0.3 is 0 Å². The molecule has 0 bridgehead atoms. The predicted molar refractivity (Wildman–Crippen MR) is 87.2 cm³/mol. The first-order valence-corrected chi connectivity index (χ1v) is 9.68. The second kappa shape index (κ2) is 5.95. The Hall–Kier alpha value is -0.910. The van der Waals surface area contributed by atoms with Crippen LogP contribution >= 0.6 is 0 Å². The van der Waals surface area contributed by atoms with Gasteiger partial charge in [0.05, 0.1) is 5.25 Å². The lowest BCUT2D eigenvalue weighted by molar-refractivity contribution is 0.0645. The minimum atomic E-state index is -3.24. The van der Waals surface area contributed by atoms with Crippen LogP contribution in [0.1, 0.15) is 37.3 Å². The lowest BCUT2D eigenvalue weighted by Gasteiger charge is -2.40. The molecule has 1 heterocycles. The molecular formula is C17H25NO3S. The van der Waals surface area contributed by atoms with E-state index in [1.807, 2.05) is 24.3 Å². The summed E-state index contributed by atoms with van der Waals surface area (Å²) in [5.41, 5.74) is 2.27. The fourth-order valence-electron chi connectivity index (χ4n) is 3.78. The van der Waals surface area contributed by atoms with Crippen LogP contribution in [-0.4, -0.2) is 42.8 Å². The Balaban J connectivity index is 1.71. The monoisotopic (exact) mass is 323 g/mol. The number of fused-ring (bicyclic) bond motifs is 1. The van der Waals surface area contributed by atoms with E-state index < -0.39 is 10.0 Å². The molecule has 1 fully saturated rings. The van der Waals surface area contributed by atoms with Crippen molar-refractivity contribution in [1.29, 1.82) is 0 Å². The van der Waals surface area contributed by atoms with Gasteiger partial charge in [0.15, 0.2) is 0 Å². The third kappa shape index (κ3) is 2.70. The zero-order valence-electron chi connectivity index (χ0n) is 13.2. The highest BCUT2D eigenvalue weighted by Crippen LogP contribution is 2.37. The topological polar surface area (TPSA) is 57.6 Å². The van der Waals surface area contributed by atoms with Crippen molar-refractivity contribution in [1.82, 2.24) is 4.31 Å². The van der Waals surface area contributed by atoms with Gasteiger partial charge in [-0.3, -0.25) is 0 Å². The summed E-state index contributed by atoms with van der Waals surface area (Å²) in [4.78, 5) is 0. The molecule has 0 amide bonds. The van der Waals surface area contributed by atoms with Crippen molar-refractivity contribution in [2.75, 3.05) is 19.7 Å². The summed E-state index contributed by atoms with van der Waals surface area (Å²) in [7, 11) is -3.24. The molecular weight excluding hydrogens is 298 g/mol. The summed E-state index contributed by atoms with van der Waals surface area (Å²) in [6.07, 6.45) is 3.70. The van der Waals surface area contributed by atoms with Gasteiger partial charge in [-0.25, -0.2) is 12.7 Å². The van der Waals surface area contributed by atoms with Crippen LogP contribution in [0.25, 0.3) is 0 Å². The predicted octanol–water partition coefficient (Wildman–Crippen LogP) is 1.97. The molecule has 1 aliphatic heterocycles. The highest BCUT2D eigenvalue weighted by atomic mass is 32.2. The molecule has 0 spiro atoms. The molecule has 0 radical (unpaired) electrons. The summed E-state index contributed by atoms with van der Waals surface area (Å²) in [5, 5.41) is 9.28. The normalized spacial score (nSPS) is 22.6. The molecule has 0 saturated carbocycles. The SMILES string of the molecule is CCC1(CO)CCN(S(=O)(=O)C2Cc3ccccc3C2)CC1. The van der Waals surface area contributed by atoms with Gasteiger partial charge in [-0.05, 0) is 48.6 Å². The average molecular weight is 323 g/mol. The van der Waals surface area contributed by atoms with E-state index in [0.29, 0.717) is 25.9 Å². The maximum absolute atomic E-state index is 12.9. The number of benzene rings is 1. The molecule has 0 unspecified atom stereocenters. The molecule has 1 aromatic carbocycles. The summed E-state index contributed by atoms with van der Waals surface area (Å²) >= 11 is 0. The molecule has 1 aliphatic carbocycles. The third-order valence-corrected chi connectivity index (χ3v) is 7.92. The fourth-order valence-corrected chi connectivity index (χ4v) is 5.67. The van der Waals surface area contributed by atoms with Crippen LogP contribution in [0.4, 0.5) is 0 Å². The highest BCUT2D eigenvalue weighted by Gasteiger charge is 2.41. The van der Waals surface area contributed by atoms with E-state index in [1.165, 1.54) is 11.1 Å². The number of aliphatic hydroxyl groups excluding tert-OH is 1. The number of nitrogens with zero attached hydrogens (tertiary/aromatic N) is 1. The number of hydrogen-bond donors (Lipinski definition) is 1. The van der Waals surface area contributed by atoms with Gasteiger partial charge in [0.2, 0.25) is 10.0 Å². The second-order valence-corrected chi connectivity index (χ2v) is 8.97. The van der Waals surface area contributed by atoms with E-state index in [2.05, 4.69) is 6.92 Å². The molecule has 22 heavy (non-hydrogen) atoms. The zero-order valence-corrected chi connectivity index (χ0v) is 14.0. The van der Waals surface area contributed by atoms with Gasteiger partial charge in [-0.1, -0.05) is 31.2 Å². The minimum absolute atomic E-state index is 0.0787. The third-order valence-electron chi connectivity index (χ3n) is 5.66. The van der Waals surface area contributed by atoms with E-state index in [-0.39, 0.29) is 17.3 Å². The molecule has 0 atom stereocenters. The van der Waals surface area contributed by atoms with Crippen LogP contribution in [0.3, 0.4) is 0 Å². The van der Waals surface area contributed by atoms with Crippen LogP contribution < -0.4 is 0 Å². The average Bonchev–Trinajstić information content (AvgIpc) is 3.00. The first-order valence-electron chi connectivity index (χ1n) is 8.17. The first-order chi connectivity index (χ1) is 10.5. The molecule has 122 valence electrons. The second-order valence-electron chi connectivity index (χ2n) is 6.75. The lowest BCUT2D eigenvalue weighted by Crippen LogP contribution is -2.47. The summed E-state index contributed by atoms with van der Waals surface area (Å²) in [6, 6.07) is 8.03. The van der Waals surface area contributed by atoms with Crippen LogP contribution in [0.5, 0.6) is 0 Å². The van der Waals surface area contributed by atoms with Crippen molar-refractivity contribution in [3.8, 4) is 0 Å². The number of aliphatic hydroxyl groups is 1. The van der Waals surface area contributed by atoms with Gasteiger partial charge in [-0.15, -0.1) is 0 Å². The Morgan fingerprint density at radius 2 is 1.73 bits per heavy atom. The van der Waals surface area contributed by atoms with E-state index >= 15 is 0 Å². The zero-order chi connectivity index (χ0) is 15.8. The van der Waals surface area contributed by atoms with E-state index in [0.717, 1.165) is 19.3 Å². The fraction of sp³-hybridized carbons (Fsp3) is 0.647. The Bertz CT molecular complexity index is 602. The molecule has 2 aliphatic rings. The van der Waals surface area contributed by atoms with Crippen molar-refractivity contribution in [2.45, 2.75) is 44.3 Å². The summed E-state index contributed by atoms with van der Waals surface area (Å²) in [6.45, 7) is 3.33. The van der Waals surface area contributed by atoms with Crippen molar-refractivity contribution < 1.29 is 13.5 Å². The molecule has 3 rings (SSSR count). The van der Waals surface area contributed by atoms with Crippen molar-refractivity contribution in [3.63, 3.8) is 0 Å². The molecule has 4 nitrogen and oxygen atoms in total. The number of rotatable bonds is 4. The molecule has 1 saturated heterocycles. The Morgan fingerprint density at radius 3 is 2.18 bits per heavy atom. The quantitative estimate of drug-likeness (QED) is 0.921. The van der Waals surface area contributed by atoms with Crippen molar-refractivity contribution in [2.24, 2.45) is 5.41 Å². The summed E-state index contributed by atoms with van der Waals surface area (Å²) < 4.78 is 27.5. The lowest BCUT2D eigenvalue weighted by atomic mass is 9.77. The van der Waals surface area contributed by atoms with Gasteiger partial charge in [0.25, 0.3) is 0 Å². The van der Waals surface area contributed by atoms with E-state index in [1.54, 1.807) is 4.31 Å². The molecule has 5 heteroatoms. The molecule has 1 N–H and O–H groups in total. The standard InChI is InChI=1S/C17H25NO3S/c1-2-17(13-19)7-9-18(10-8-17)22(20,21)16-11-14-5-3-4-6-15(14)12-16/h3-6,16,19H,2,7-13H2,1H3. The Morgan fingerprint density at radius 1 is 1.18 bits per heavy atom. The first kappa shape index (κ1) is 16.0. The van der Waals surface area contributed by atoms with Gasteiger partial charge in [-0.2, -0.15) is 0 Å². The van der Waals surface area contributed by atoms with E-state index in [9.17, 15) is 13.5 Å². The van der Waals surface area contributed by atoms with Gasteiger partial charge in [0.1, 0.15) is 0 Å². The van der Waals surface area contributed by atoms with Gasteiger partial charge in [0, 0.05) is 19.7 Å². The maximum Gasteiger partial charge on any atom is 0.217 e. The molecule has 1 aromatic rings. The highest BCUT2D eigenvalue weighted by molar-refractivity contribution is 7.89. The van der Waals surface area contributed by atoms with E-state index in [4.69, 9.17) is 0 Å². The van der Waals surface area contributed by atoms with Crippen LogP contribution in [0, 0.1) is 5.41 Å². The van der Waals surface area contributed by atoms with Crippen LogP contribution in [0.15, 0.2) is 24.3 Å². The van der Waals surface area contributed by atoms with Gasteiger partial charge < -0.3 is 5.11 Å². The largest absolute Gasteiger partial charge is 0.396 e. The Labute approximate surface area is 133 Å².